The van der Waals surface area contributed by atoms with Crippen LogP contribution in [0.5, 0.6) is 5.75 Å². The Balaban J connectivity index is 1.44. The van der Waals surface area contributed by atoms with Gasteiger partial charge in [0.15, 0.2) is 5.69 Å². The van der Waals surface area contributed by atoms with Crippen LogP contribution >= 0.6 is 0 Å². The normalized spacial score (nSPS) is 14.5. The van der Waals surface area contributed by atoms with E-state index in [-0.39, 0.29) is 17.0 Å². The largest absolute Gasteiger partial charge is 0.497 e. The Bertz CT molecular complexity index is 1100. The molecule has 0 saturated carbocycles. The summed E-state index contributed by atoms with van der Waals surface area (Å²) in [6.45, 7) is 5.25. The topological polar surface area (TPSA) is 67.7 Å². The number of ether oxygens (including phenoxy) is 1. The summed E-state index contributed by atoms with van der Waals surface area (Å²) in [5, 5.41) is 4.41. The fraction of sp³-hybridized carbons (Fsp3) is 0.292. The van der Waals surface area contributed by atoms with Crippen molar-refractivity contribution >= 4 is 5.91 Å². The standard InChI is InChI=1S/C24H26N4O3/c1-18-16-22(29)23(25-28(18)20-6-4-3-5-7-20)24(30)27-14-12-26(13-15-27)17-19-8-10-21(31-2)11-9-19/h3-11,16H,12-15,17H2,1-2H3. The highest BCUT2D eigenvalue weighted by Gasteiger charge is 2.25. The van der Waals surface area contributed by atoms with Gasteiger partial charge in [-0.25, -0.2) is 4.68 Å². The van der Waals surface area contributed by atoms with Crippen molar-refractivity contribution in [2.75, 3.05) is 33.3 Å². The van der Waals surface area contributed by atoms with Gasteiger partial charge in [-0.2, -0.15) is 5.10 Å². The van der Waals surface area contributed by atoms with Gasteiger partial charge in [-0.15, -0.1) is 0 Å². The van der Waals surface area contributed by atoms with Crippen LogP contribution in [0.3, 0.4) is 0 Å². The van der Waals surface area contributed by atoms with Crippen molar-refractivity contribution in [1.82, 2.24) is 19.6 Å². The molecule has 1 aromatic heterocycles. The molecule has 1 aliphatic heterocycles. The van der Waals surface area contributed by atoms with Crippen LogP contribution in [0.4, 0.5) is 0 Å². The van der Waals surface area contributed by atoms with Gasteiger partial charge in [0.2, 0.25) is 5.43 Å². The van der Waals surface area contributed by atoms with Crippen molar-refractivity contribution in [3.63, 3.8) is 0 Å². The Morgan fingerprint density at radius 3 is 2.32 bits per heavy atom. The molecule has 0 radical (unpaired) electrons. The maximum Gasteiger partial charge on any atom is 0.278 e. The number of aromatic nitrogens is 2. The summed E-state index contributed by atoms with van der Waals surface area (Å²) in [7, 11) is 1.66. The Kier molecular flexibility index (Phi) is 6.13. The summed E-state index contributed by atoms with van der Waals surface area (Å²) in [6.07, 6.45) is 0. The van der Waals surface area contributed by atoms with E-state index in [1.807, 2.05) is 49.4 Å². The molecule has 7 nitrogen and oxygen atoms in total. The molecule has 0 aliphatic carbocycles. The Morgan fingerprint density at radius 1 is 1.00 bits per heavy atom. The van der Waals surface area contributed by atoms with Crippen LogP contribution in [0.15, 0.2) is 65.5 Å². The minimum Gasteiger partial charge on any atom is -0.497 e. The first-order valence-corrected chi connectivity index (χ1v) is 10.4. The van der Waals surface area contributed by atoms with Crippen molar-refractivity contribution < 1.29 is 9.53 Å². The first kappa shape index (κ1) is 20.8. The third kappa shape index (κ3) is 4.67. The zero-order valence-corrected chi connectivity index (χ0v) is 17.8. The van der Waals surface area contributed by atoms with Crippen LogP contribution in [-0.4, -0.2) is 58.8 Å². The molecule has 1 saturated heterocycles. The van der Waals surface area contributed by atoms with Crippen molar-refractivity contribution in [1.29, 1.82) is 0 Å². The van der Waals surface area contributed by atoms with E-state index in [1.54, 1.807) is 16.7 Å². The minimum atomic E-state index is -0.338. The fourth-order valence-corrected chi connectivity index (χ4v) is 3.77. The molecule has 2 heterocycles. The van der Waals surface area contributed by atoms with E-state index in [0.717, 1.165) is 31.1 Å². The van der Waals surface area contributed by atoms with Gasteiger partial charge in [0, 0.05) is 44.5 Å². The molecule has 2 aromatic carbocycles. The molecule has 3 aromatic rings. The molecule has 0 atom stereocenters. The zero-order valence-electron chi connectivity index (χ0n) is 17.8. The molecule has 1 amide bonds. The summed E-state index contributed by atoms with van der Waals surface area (Å²) < 4.78 is 6.85. The quantitative estimate of drug-likeness (QED) is 0.637. The van der Waals surface area contributed by atoms with E-state index in [1.165, 1.54) is 11.6 Å². The van der Waals surface area contributed by atoms with Crippen LogP contribution in [0.1, 0.15) is 21.7 Å². The maximum absolute atomic E-state index is 13.1. The van der Waals surface area contributed by atoms with Gasteiger partial charge in [-0.3, -0.25) is 14.5 Å². The third-order valence-electron chi connectivity index (χ3n) is 5.54. The number of hydrogen-bond donors (Lipinski definition) is 0. The number of amides is 1. The van der Waals surface area contributed by atoms with Gasteiger partial charge in [0.1, 0.15) is 5.75 Å². The van der Waals surface area contributed by atoms with Crippen LogP contribution in [0.25, 0.3) is 5.69 Å². The third-order valence-corrected chi connectivity index (χ3v) is 5.54. The van der Waals surface area contributed by atoms with E-state index in [0.29, 0.717) is 18.8 Å². The van der Waals surface area contributed by atoms with Crippen molar-refractivity contribution in [3.8, 4) is 11.4 Å². The lowest BCUT2D eigenvalue weighted by Crippen LogP contribution is -2.49. The Morgan fingerprint density at radius 2 is 1.68 bits per heavy atom. The molecule has 0 unspecified atom stereocenters. The van der Waals surface area contributed by atoms with E-state index in [4.69, 9.17) is 4.74 Å². The number of piperazine rings is 1. The smallest absolute Gasteiger partial charge is 0.278 e. The lowest BCUT2D eigenvalue weighted by Gasteiger charge is -2.34. The number of carbonyl (C=O) groups is 1. The number of benzene rings is 2. The van der Waals surface area contributed by atoms with Crippen LogP contribution in [-0.2, 0) is 6.54 Å². The van der Waals surface area contributed by atoms with Gasteiger partial charge < -0.3 is 9.64 Å². The summed E-state index contributed by atoms with van der Waals surface area (Å²) in [4.78, 5) is 29.6. The minimum absolute atomic E-state index is 0.0296. The highest BCUT2D eigenvalue weighted by Crippen LogP contribution is 2.15. The number of para-hydroxylation sites is 1. The molecule has 7 heteroatoms. The van der Waals surface area contributed by atoms with Crippen LogP contribution < -0.4 is 10.2 Å². The van der Waals surface area contributed by atoms with E-state index in [9.17, 15) is 9.59 Å². The first-order chi connectivity index (χ1) is 15.0. The van der Waals surface area contributed by atoms with Gasteiger partial charge in [-0.1, -0.05) is 30.3 Å². The van der Waals surface area contributed by atoms with Crippen molar-refractivity contribution in [2.24, 2.45) is 0 Å². The highest BCUT2D eigenvalue weighted by molar-refractivity contribution is 5.92. The maximum atomic E-state index is 13.1. The Hall–Kier alpha value is -3.45. The average molecular weight is 418 g/mol. The molecule has 1 aliphatic rings. The van der Waals surface area contributed by atoms with Gasteiger partial charge in [0.25, 0.3) is 5.91 Å². The highest BCUT2D eigenvalue weighted by atomic mass is 16.5. The predicted octanol–water partition coefficient (Wildman–Crippen LogP) is 2.51. The number of hydrogen-bond acceptors (Lipinski definition) is 5. The number of carbonyl (C=O) groups excluding carboxylic acids is 1. The number of nitrogens with zero attached hydrogens (tertiary/aromatic N) is 4. The SMILES string of the molecule is COc1ccc(CN2CCN(C(=O)c3nn(-c4ccccc4)c(C)cc3=O)CC2)cc1. The average Bonchev–Trinajstić information content (AvgIpc) is 2.80. The van der Waals surface area contributed by atoms with Gasteiger partial charge >= 0.3 is 0 Å². The van der Waals surface area contributed by atoms with Crippen molar-refractivity contribution in [3.05, 3.63) is 87.8 Å². The number of methoxy groups -OCH3 is 1. The summed E-state index contributed by atoms with van der Waals surface area (Å²) >= 11 is 0. The molecule has 4 rings (SSSR count). The second-order valence-electron chi connectivity index (χ2n) is 7.66. The molecule has 31 heavy (non-hydrogen) atoms. The van der Waals surface area contributed by atoms with E-state index >= 15 is 0 Å². The molecule has 1 fully saturated rings. The Labute approximate surface area is 181 Å². The first-order valence-electron chi connectivity index (χ1n) is 10.4. The van der Waals surface area contributed by atoms with Crippen LogP contribution in [0, 0.1) is 6.92 Å². The second-order valence-corrected chi connectivity index (χ2v) is 7.66. The zero-order chi connectivity index (χ0) is 21.8. The number of rotatable bonds is 5. The molecule has 0 spiro atoms. The predicted molar refractivity (Wildman–Crippen MR) is 119 cm³/mol. The lowest BCUT2D eigenvalue weighted by molar-refractivity contribution is 0.0619. The van der Waals surface area contributed by atoms with Crippen molar-refractivity contribution in [2.45, 2.75) is 13.5 Å². The van der Waals surface area contributed by atoms with Crippen LogP contribution in [0.2, 0.25) is 0 Å². The van der Waals surface area contributed by atoms with E-state index in [2.05, 4.69) is 22.1 Å². The lowest BCUT2D eigenvalue weighted by atomic mass is 10.2. The summed E-state index contributed by atoms with van der Waals surface area (Å²) in [5.74, 6) is 0.532. The molecule has 0 N–H and O–H groups in total. The summed E-state index contributed by atoms with van der Waals surface area (Å²) in [6, 6.07) is 19.0. The van der Waals surface area contributed by atoms with Gasteiger partial charge in [0.05, 0.1) is 12.8 Å². The number of aryl methyl sites for hydroxylation is 1. The molecular weight excluding hydrogens is 392 g/mol. The van der Waals surface area contributed by atoms with E-state index < -0.39 is 0 Å². The summed E-state index contributed by atoms with van der Waals surface area (Å²) in [5.41, 5.74) is 2.34. The molecule has 0 bridgehead atoms. The molecule has 160 valence electrons. The monoisotopic (exact) mass is 418 g/mol. The van der Waals surface area contributed by atoms with Gasteiger partial charge in [-0.05, 0) is 36.8 Å². The fourth-order valence-electron chi connectivity index (χ4n) is 3.77. The molecular formula is C24H26N4O3. The second kappa shape index (κ2) is 9.14.